The van der Waals surface area contributed by atoms with Gasteiger partial charge in [-0.05, 0) is 80.0 Å². The molecule has 14 nitrogen and oxygen atoms in total. The molecule has 5 rings (SSSR count). The molecule has 1 unspecified atom stereocenters. The number of hydrogen-bond donors (Lipinski definition) is 3. The van der Waals surface area contributed by atoms with Gasteiger partial charge < -0.3 is 29.6 Å². The van der Waals surface area contributed by atoms with Gasteiger partial charge >= 0.3 is 0 Å². The van der Waals surface area contributed by atoms with Gasteiger partial charge in [-0.1, -0.05) is 56.0 Å². The molecule has 2 heterocycles. The molecule has 14 heteroatoms. The van der Waals surface area contributed by atoms with Crippen LogP contribution in [0, 0.1) is 0 Å². The van der Waals surface area contributed by atoms with Crippen molar-refractivity contribution in [2.24, 2.45) is 0 Å². The zero-order valence-electron chi connectivity index (χ0n) is 32.0. The average Bonchev–Trinajstić information content (AvgIpc) is 3.46. The number of ether oxygens (including phenoxy) is 4. The molecule has 298 valence electrons. The molecule has 3 aromatic carbocycles. The lowest BCUT2D eigenvalue weighted by atomic mass is 10.0. The topological polar surface area (TPSA) is 179 Å². The van der Waals surface area contributed by atoms with Gasteiger partial charge in [-0.25, -0.2) is 0 Å². The second-order valence-electron chi connectivity index (χ2n) is 13.7. The van der Waals surface area contributed by atoms with Crippen molar-refractivity contribution in [3.8, 4) is 23.0 Å². The predicted octanol–water partition coefficient (Wildman–Crippen LogP) is 4.31. The number of amides is 6. The lowest BCUT2D eigenvalue weighted by Gasteiger charge is -2.27. The van der Waals surface area contributed by atoms with E-state index in [2.05, 4.69) is 16.0 Å². The monoisotopic (exact) mass is 770 g/mol. The Morgan fingerprint density at radius 3 is 2.02 bits per heavy atom. The molecule has 0 saturated carbocycles. The number of carbonyl (C=O) groups excluding carboxylic acids is 6. The molecule has 3 N–H and O–H groups in total. The molecule has 0 radical (unpaired) electrons. The van der Waals surface area contributed by atoms with Gasteiger partial charge in [0.2, 0.25) is 11.8 Å². The van der Waals surface area contributed by atoms with Crippen LogP contribution < -0.4 is 34.9 Å². The standard InChI is InChI=1S/C42H50N4O10/c1-53-33-21-19-28(25-35(33)54-2)13-11-15-29-14-7-8-17-32(29)55-26-37(48)43-23-9-5-3-4-6-10-24-44-38(49)27-56-34-18-12-16-30-39(34)42(52)46(41(30)51)31-20-22-36(47)45-40(31)50/h7-8,12,14,16-19,21,25,31H,3-6,9-11,13,15,20,22-24,26-27H2,1-2H3,(H,43,48)(H,44,49)(H,45,47,50). The van der Waals surface area contributed by atoms with Gasteiger partial charge in [-0.3, -0.25) is 39.0 Å². The van der Waals surface area contributed by atoms with E-state index in [-0.39, 0.29) is 54.7 Å². The van der Waals surface area contributed by atoms with E-state index in [4.69, 9.17) is 18.9 Å². The van der Waals surface area contributed by atoms with E-state index in [1.165, 1.54) is 12.1 Å². The summed E-state index contributed by atoms with van der Waals surface area (Å²) in [6, 6.07) is 17.2. The predicted molar refractivity (Wildman–Crippen MR) is 206 cm³/mol. The molecule has 1 fully saturated rings. The van der Waals surface area contributed by atoms with Crippen LogP contribution in [-0.2, 0) is 32.0 Å². The summed E-state index contributed by atoms with van der Waals surface area (Å²) in [6.07, 6.45) is 8.18. The van der Waals surface area contributed by atoms with Gasteiger partial charge in [0.1, 0.15) is 17.5 Å². The lowest BCUT2D eigenvalue weighted by Crippen LogP contribution is -2.54. The van der Waals surface area contributed by atoms with Gasteiger partial charge in [0.05, 0.1) is 25.3 Å². The first-order chi connectivity index (χ1) is 27.2. The maximum Gasteiger partial charge on any atom is 0.266 e. The Morgan fingerprint density at radius 1 is 0.696 bits per heavy atom. The molecular weight excluding hydrogens is 720 g/mol. The van der Waals surface area contributed by atoms with E-state index < -0.39 is 29.7 Å². The first kappa shape index (κ1) is 41.2. The average molecular weight is 771 g/mol. The van der Waals surface area contributed by atoms with Crippen molar-refractivity contribution < 1.29 is 47.7 Å². The zero-order valence-corrected chi connectivity index (χ0v) is 32.0. The fourth-order valence-corrected chi connectivity index (χ4v) is 6.78. The number of methoxy groups -OCH3 is 2. The van der Waals surface area contributed by atoms with Crippen LogP contribution in [0.15, 0.2) is 60.7 Å². The van der Waals surface area contributed by atoms with Crippen LogP contribution >= 0.6 is 0 Å². The molecule has 1 saturated heterocycles. The van der Waals surface area contributed by atoms with Crippen molar-refractivity contribution in [2.75, 3.05) is 40.5 Å². The van der Waals surface area contributed by atoms with Crippen molar-refractivity contribution in [2.45, 2.75) is 76.7 Å². The second-order valence-corrected chi connectivity index (χ2v) is 13.7. The number of imide groups is 2. The third kappa shape index (κ3) is 11.1. The van der Waals surface area contributed by atoms with Crippen LogP contribution in [0.5, 0.6) is 23.0 Å². The summed E-state index contributed by atoms with van der Waals surface area (Å²) in [5, 5.41) is 7.91. The van der Waals surface area contributed by atoms with Gasteiger partial charge in [-0.15, -0.1) is 0 Å². The van der Waals surface area contributed by atoms with Crippen molar-refractivity contribution in [1.82, 2.24) is 20.9 Å². The van der Waals surface area contributed by atoms with Crippen LogP contribution in [0.3, 0.4) is 0 Å². The summed E-state index contributed by atoms with van der Waals surface area (Å²) in [4.78, 5) is 75.8. The molecule has 0 bridgehead atoms. The molecular formula is C42H50N4O10. The number of carbonyl (C=O) groups is 6. The molecule has 2 aliphatic heterocycles. The first-order valence-corrected chi connectivity index (χ1v) is 19.1. The first-order valence-electron chi connectivity index (χ1n) is 19.1. The molecule has 56 heavy (non-hydrogen) atoms. The second kappa shape index (κ2) is 20.7. The van der Waals surface area contributed by atoms with Gasteiger partial charge in [-0.2, -0.15) is 0 Å². The highest BCUT2D eigenvalue weighted by Gasteiger charge is 2.46. The summed E-state index contributed by atoms with van der Waals surface area (Å²) >= 11 is 0. The van der Waals surface area contributed by atoms with Crippen LogP contribution in [0.25, 0.3) is 0 Å². The van der Waals surface area contributed by atoms with Crippen molar-refractivity contribution in [3.05, 3.63) is 82.9 Å². The normalized spacial score (nSPS) is 14.9. The number of nitrogens with zero attached hydrogens (tertiary/aromatic N) is 1. The maximum atomic E-state index is 13.2. The van der Waals surface area contributed by atoms with Crippen LogP contribution in [0.1, 0.15) is 89.6 Å². The third-order valence-corrected chi connectivity index (χ3v) is 9.73. The fraction of sp³-hybridized carbons (Fsp3) is 0.429. The number of piperidine rings is 1. The van der Waals surface area contributed by atoms with Crippen LogP contribution in [-0.4, -0.2) is 86.9 Å². The Kier molecular flexibility index (Phi) is 15.2. The Bertz CT molecular complexity index is 1900. The third-order valence-electron chi connectivity index (χ3n) is 9.73. The number of fused-ring (bicyclic) bond motifs is 1. The van der Waals surface area contributed by atoms with E-state index in [1.807, 2.05) is 42.5 Å². The lowest BCUT2D eigenvalue weighted by molar-refractivity contribution is -0.136. The molecule has 6 amide bonds. The Morgan fingerprint density at radius 2 is 1.34 bits per heavy atom. The van der Waals surface area contributed by atoms with Gasteiger partial charge in [0, 0.05) is 19.5 Å². The minimum Gasteiger partial charge on any atom is -0.493 e. The number of aryl methyl sites for hydroxylation is 2. The molecule has 2 aliphatic rings. The van der Waals surface area contributed by atoms with Crippen LogP contribution in [0.4, 0.5) is 0 Å². The SMILES string of the molecule is COc1ccc(CCCc2ccccc2OCC(=O)NCCCCCCCCNC(=O)COc2cccc3c2C(=O)N(C2CCC(=O)NC2=O)C3=O)cc1OC. The van der Waals surface area contributed by atoms with Gasteiger partial charge in [0.25, 0.3) is 23.6 Å². The minimum atomic E-state index is -1.09. The summed E-state index contributed by atoms with van der Waals surface area (Å²) in [7, 11) is 3.25. The fourth-order valence-electron chi connectivity index (χ4n) is 6.78. The van der Waals surface area contributed by atoms with E-state index in [9.17, 15) is 28.8 Å². The maximum absolute atomic E-state index is 13.2. The number of para-hydroxylation sites is 1. The van der Waals surface area contributed by atoms with E-state index in [0.29, 0.717) is 30.3 Å². The number of hydrogen-bond acceptors (Lipinski definition) is 10. The Balaban J connectivity index is 0.896. The number of rotatable bonds is 22. The number of unbranched alkanes of at least 4 members (excludes halogenated alkanes) is 5. The molecule has 0 aliphatic carbocycles. The summed E-state index contributed by atoms with van der Waals surface area (Å²) < 4.78 is 22.2. The van der Waals surface area contributed by atoms with Crippen molar-refractivity contribution in [3.63, 3.8) is 0 Å². The van der Waals surface area contributed by atoms with E-state index in [1.54, 1.807) is 20.3 Å². The number of benzene rings is 3. The summed E-state index contributed by atoms with van der Waals surface area (Å²) in [5.74, 6) is -0.797. The van der Waals surface area contributed by atoms with E-state index >= 15 is 0 Å². The zero-order chi connectivity index (χ0) is 39.9. The van der Waals surface area contributed by atoms with Crippen LogP contribution in [0.2, 0.25) is 0 Å². The highest BCUT2D eigenvalue weighted by atomic mass is 16.5. The van der Waals surface area contributed by atoms with Gasteiger partial charge in [0.15, 0.2) is 24.7 Å². The quantitative estimate of drug-likeness (QED) is 0.0986. The summed E-state index contributed by atoms with van der Waals surface area (Å²) in [6.45, 7) is 0.650. The summed E-state index contributed by atoms with van der Waals surface area (Å²) in [5.41, 5.74) is 2.30. The highest BCUT2D eigenvalue weighted by molar-refractivity contribution is 6.24. The Labute approximate surface area is 326 Å². The van der Waals surface area contributed by atoms with E-state index in [0.717, 1.165) is 73.8 Å². The molecule has 3 aromatic rings. The highest BCUT2D eigenvalue weighted by Crippen LogP contribution is 2.34. The molecule has 0 spiro atoms. The Hall–Kier alpha value is -5.92. The molecule has 1 atom stereocenters. The number of nitrogens with one attached hydrogen (secondary N) is 3. The van der Waals surface area contributed by atoms with Crippen molar-refractivity contribution >= 4 is 35.4 Å². The molecule has 0 aromatic heterocycles. The largest absolute Gasteiger partial charge is 0.493 e. The minimum absolute atomic E-state index is 0.000657. The smallest absolute Gasteiger partial charge is 0.266 e. The van der Waals surface area contributed by atoms with Crippen molar-refractivity contribution in [1.29, 1.82) is 0 Å².